The van der Waals surface area contributed by atoms with E-state index in [4.69, 9.17) is 0 Å². The number of aryl methyl sites for hydroxylation is 2. The topological polar surface area (TPSA) is 67.2 Å². The van der Waals surface area contributed by atoms with Crippen LogP contribution >= 0.6 is 0 Å². The highest BCUT2D eigenvalue weighted by Gasteiger charge is 2.15. The van der Waals surface area contributed by atoms with Gasteiger partial charge in [0.05, 0.1) is 0 Å². The first-order chi connectivity index (χ1) is 11.6. The van der Waals surface area contributed by atoms with Crippen molar-refractivity contribution in [2.75, 3.05) is 23.8 Å². The highest BCUT2D eigenvalue weighted by atomic mass is 16.2. The van der Waals surface area contributed by atoms with Gasteiger partial charge in [0.25, 0.3) is 11.5 Å². The SMILES string of the molecule is CCCn1nc(C(=O)Nc2ccc3c(c2)CCCN3C)ccc1=O. The third kappa shape index (κ3) is 3.32. The molecule has 0 bridgehead atoms. The number of amides is 1. The van der Waals surface area contributed by atoms with Crippen molar-refractivity contribution in [2.45, 2.75) is 32.7 Å². The molecule has 6 heteroatoms. The minimum absolute atomic E-state index is 0.190. The van der Waals surface area contributed by atoms with Crippen LogP contribution in [0.25, 0.3) is 0 Å². The molecule has 2 heterocycles. The summed E-state index contributed by atoms with van der Waals surface area (Å²) in [6.45, 7) is 3.53. The number of nitrogens with one attached hydrogen (secondary N) is 1. The Morgan fingerprint density at radius 3 is 2.92 bits per heavy atom. The molecule has 1 aliphatic rings. The lowest BCUT2D eigenvalue weighted by Crippen LogP contribution is -2.26. The summed E-state index contributed by atoms with van der Waals surface area (Å²) in [4.78, 5) is 26.3. The number of fused-ring (bicyclic) bond motifs is 1. The number of anilines is 2. The number of carbonyl (C=O) groups excluding carboxylic acids is 1. The molecule has 126 valence electrons. The van der Waals surface area contributed by atoms with E-state index in [1.165, 1.54) is 28.1 Å². The van der Waals surface area contributed by atoms with Crippen molar-refractivity contribution in [2.24, 2.45) is 0 Å². The summed E-state index contributed by atoms with van der Waals surface area (Å²) in [6.07, 6.45) is 2.92. The van der Waals surface area contributed by atoms with Crippen LogP contribution in [0.2, 0.25) is 0 Å². The van der Waals surface area contributed by atoms with Crippen molar-refractivity contribution in [1.82, 2.24) is 9.78 Å². The van der Waals surface area contributed by atoms with Gasteiger partial charge in [-0.05, 0) is 49.1 Å². The van der Waals surface area contributed by atoms with Gasteiger partial charge >= 0.3 is 0 Å². The Kier molecular flexibility index (Phi) is 4.64. The van der Waals surface area contributed by atoms with Crippen molar-refractivity contribution < 1.29 is 4.79 Å². The first-order valence-electron chi connectivity index (χ1n) is 8.32. The van der Waals surface area contributed by atoms with E-state index in [2.05, 4.69) is 22.4 Å². The van der Waals surface area contributed by atoms with Gasteiger partial charge in [0.2, 0.25) is 0 Å². The highest BCUT2D eigenvalue weighted by molar-refractivity contribution is 6.02. The smallest absolute Gasteiger partial charge is 0.276 e. The molecule has 0 saturated carbocycles. The second-order valence-corrected chi connectivity index (χ2v) is 6.10. The molecule has 3 rings (SSSR count). The number of rotatable bonds is 4. The molecule has 0 aliphatic carbocycles. The van der Waals surface area contributed by atoms with E-state index in [0.29, 0.717) is 6.54 Å². The summed E-state index contributed by atoms with van der Waals surface area (Å²) in [5.41, 5.74) is 3.27. The number of aromatic nitrogens is 2. The molecular formula is C18H22N4O2. The van der Waals surface area contributed by atoms with Crippen LogP contribution in [0.4, 0.5) is 11.4 Å². The Balaban J connectivity index is 1.80. The van der Waals surface area contributed by atoms with Crippen molar-refractivity contribution in [3.05, 3.63) is 51.9 Å². The average Bonchev–Trinajstić information content (AvgIpc) is 2.57. The zero-order chi connectivity index (χ0) is 17.1. The average molecular weight is 326 g/mol. The van der Waals surface area contributed by atoms with E-state index < -0.39 is 0 Å². The van der Waals surface area contributed by atoms with Crippen LogP contribution in [0.5, 0.6) is 0 Å². The van der Waals surface area contributed by atoms with Gasteiger partial charge in [-0.15, -0.1) is 0 Å². The predicted octanol–water partition coefficient (Wildman–Crippen LogP) is 2.29. The van der Waals surface area contributed by atoms with Crippen LogP contribution in [-0.4, -0.2) is 29.3 Å². The number of hydrogen-bond donors (Lipinski definition) is 1. The number of benzene rings is 1. The van der Waals surface area contributed by atoms with E-state index in [9.17, 15) is 9.59 Å². The molecule has 1 N–H and O–H groups in total. The molecule has 1 aromatic heterocycles. The molecule has 1 aromatic carbocycles. The molecular weight excluding hydrogens is 304 g/mol. The Bertz CT molecular complexity index is 813. The van der Waals surface area contributed by atoms with Gasteiger partial charge in [-0.3, -0.25) is 9.59 Å². The minimum atomic E-state index is -0.302. The number of nitrogens with zero attached hydrogens (tertiary/aromatic N) is 3. The molecule has 0 atom stereocenters. The Morgan fingerprint density at radius 2 is 2.12 bits per heavy atom. The molecule has 0 radical (unpaired) electrons. The van der Waals surface area contributed by atoms with Gasteiger partial charge in [-0.2, -0.15) is 5.10 Å². The lowest BCUT2D eigenvalue weighted by atomic mass is 10.0. The summed E-state index contributed by atoms with van der Waals surface area (Å²) >= 11 is 0. The summed E-state index contributed by atoms with van der Waals surface area (Å²) in [5, 5.41) is 7.02. The van der Waals surface area contributed by atoms with Gasteiger partial charge in [0.1, 0.15) is 5.69 Å². The second-order valence-electron chi connectivity index (χ2n) is 6.10. The van der Waals surface area contributed by atoms with E-state index in [1.54, 1.807) is 0 Å². The minimum Gasteiger partial charge on any atom is -0.374 e. The summed E-state index contributed by atoms with van der Waals surface area (Å²) in [5.74, 6) is -0.302. The lowest BCUT2D eigenvalue weighted by Gasteiger charge is -2.27. The van der Waals surface area contributed by atoms with Gasteiger partial charge in [0.15, 0.2) is 0 Å². The van der Waals surface area contributed by atoms with E-state index in [0.717, 1.165) is 31.5 Å². The fourth-order valence-electron chi connectivity index (χ4n) is 3.00. The first kappa shape index (κ1) is 16.2. The molecule has 1 aliphatic heterocycles. The van der Waals surface area contributed by atoms with Crippen molar-refractivity contribution in [3.63, 3.8) is 0 Å². The first-order valence-corrected chi connectivity index (χ1v) is 8.32. The largest absolute Gasteiger partial charge is 0.374 e. The predicted molar refractivity (Wildman–Crippen MR) is 94.8 cm³/mol. The summed E-state index contributed by atoms with van der Waals surface area (Å²) in [6, 6.07) is 8.82. The summed E-state index contributed by atoms with van der Waals surface area (Å²) < 4.78 is 1.33. The van der Waals surface area contributed by atoms with Crippen LogP contribution in [0, 0.1) is 0 Å². The molecule has 2 aromatic rings. The third-order valence-corrected chi connectivity index (χ3v) is 4.22. The maximum absolute atomic E-state index is 12.4. The van der Waals surface area contributed by atoms with Gasteiger partial charge < -0.3 is 10.2 Å². The van der Waals surface area contributed by atoms with Gasteiger partial charge in [0, 0.05) is 37.6 Å². The monoisotopic (exact) mass is 326 g/mol. The fraction of sp³-hybridized carbons (Fsp3) is 0.389. The van der Waals surface area contributed by atoms with E-state index in [-0.39, 0.29) is 17.2 Å². The molecule has 0 spiro atoms. The molecule has 0 fully saturated rings. The summed E-state index contributed by atoms with van der Waals surface area (Å²) in [7, 11) is 2.08. The maximum atomic E-state index is 12.4. The Morgan fingerprint density at radius 1 is 1.29 bits per heavy atom. The van der Waals surface area contributed by atoms with Crippen LogP contribution in [0.3, 0.4) is 0 Å². The zero-order valence-electron chi connectivity index (χ0n) is 14.1. The molecule has 24 heavy (non-hydrogen) atoms. The molecule has 0 unspecified atom stereocenters. The quantitative estimate of drug-likeness (QED) is 0.936. The van der Waals surface area contributed by atoms with Crippen LogP contribution in [0.1, 0.15) is 35.8 Å². The number of carbonyl (C=O) groups is 1. The van der Waals surface area contributed by atoms with Gasteiger partial charge in [-0.25, -0.2) is 4.68 Å². The lowest BCUT2D eigenvalue weighted by molar-refractivity contribution is 0.102. The van der Waals surface area contributed by atoms with Crippen LogP contribution in [-0.2, 0) is 13.0 Å². The van der Waals surface area contributed by atoms with Crippen molar-refractivity contribution >= 4 is 17.3 Å². The normalized spacial score (nSPS) is 13.5. The van der Waals surface area contributed by atoms with Crippen molar-refractivity contribution in [1.29, 1.82) is 0 Å². The second kappa shape index (κ2) is 6.86. The molecule has 6 nitrogen and oxygen atoms in total. The molecule has 1 amide bonds. The zero-order valence-corrected chi connectivity index (χ0v) is 14.1. The van der Waals surface area contributed by atoms with Crippen LogP contribution in [0.15, 0.2) is 35.1 Å². The Hall–Kier alpha value is -2.63. The van der Waals surface area contributed by atoms with E-state index >= 15 is 0 Å². The third-order valence-electron chi connectivity index (χ3n) is 4.22. The highest BCUT2D eigenvalue weighted by Crippen LogP contribution is 2.28. The van der Waals surface area contributed by atoms with Gasteiger partial charge in [-0.1, -0.05) is 6.92 Å². The van der Waals surface area contributed by atoms with Crippen LogP contribution < -0.4 is 15.8 Å². The van der Waals surface area contributed by atoms with E-state index in [1.807, 2.05) is 25.1 Å². The standard InChI is InChI=1S/C18H22N4O2/c1-3-10-22-17(23)9-7-15(20-22)18(24)19-14-6-8-16-13(12-14)5-4-11-21(16)2/h6-9,12H,3-5,10-11H2,1-2H3,(H,19,24). The van der Waals surface area contributed by atoms with Crippen molar-refractivity contribution in [3.8, 4) is 0 Å². The number of hydrogen-bond acceptors (Lipinski definition) is 4. The fourth-order valence-corrected chi connectivity index (χ4v) is 3.00. The maximum Gasteiger partial charge on any atom is 0.276 e. The Labute approximate surface area is 141 Å². The molecule has 0 saturated heterocycles.